The van der Waals surface area contributed by atoms with Crippen LogP contribution in [0.1, 0.15) is 5.56 Å². The molecular weight excluding hydrogens is 291 g/mol. The van der Waals surface area contributed by atoms with E-state index in [0.717, 1.165) is 6.07 Å². The number of amides is 1. The first-order chi connectivity index (χ1) is 6.91. The van der Waals surface area contributed by atoms with Crippen LogP contribution in [0.25, 0.3) is 0 Å². The Kier molecular flexibility index (Phi) is 4.04. The van der Waals surface area contributed by atoms with Crippen LogP contribution in [0.3, 0.4) is 0 Å². The first-order valence-corrected chi connectivity index (χ1v) is 5.28. The molecular formula is C9H7BrClF2NO. The smallest absolute Gasteiger partial charge is 0.231 e. The van der Waals surface area contributed by atoms with Crippen LogP contribution in [0.2, 0.25) is 5.02 Å². The van der Waals surface area contributed by atoms with Gasteiger partial charge >= 0.3 is 0 Å². The van der Waals surface area contributed by atoms with Gasteiger partial charge < -0.3 is 5.73 Å². The number of carbonyl (C=O) groups is 1. The van der Waals surface area contributed by atoms with Crippen molar-refractivity contribution < 1.29 is 13.6 Å². The van der Waals surface area contributed by atoms with Gasteiger partial charge in [0.05, 0.1) is 4.83 Å². The lowest BCUT2D eigenvalue weighted by atomic mass is 10.1. The number of hydrogen-bond acceptors (Lipinski definition) is 1. The van der Waals surface area contributed by atoms with E-state index in [4.69, 9.17) is 17.3 Å². The average Bonchev–Trinajstić information content (AvgIpc) is 2.10. The van der Waals surface area contributed by atoms with Crippen molar-refractivity contribution in [1.29, 1.82) is 0 Å². The SMILES string of the molecule is NC(=O)C(Br)Cc1c(F)cc(F)cc1Cl. The number of benzene rings is 1. The van der Waals surface area contributed by atoms with Crippen molar-refractivity contribution in [3.05, 3.63) is 34.4 Å². The predicted molar refractivity (Wildman–Crippen MR) is 57.0 cm³/mol. The monoisotopic (exact) mass is 297 g/mol. The van der Waals surface area contributed by atoms with Crippen molar-refractivity contribution in [2.45, 2.75) is 11.2 Å². The molecule has 2 nitrogen and oxygen atoms in total. The standard InChI is InChI=1S/C9H7BrClF2NO/c10-6(9(14)15)3-5-7(11)1-4(12)2-8(5)13/h1-2,6H,3H2,(H2,14,15). The minimum Gasteiger partial charge on any atom is -0.369 e. The maximum absolute atomic E-state index is 13.2. The molecule has 0 aliphatic carbocycles. The summed E-state index contributed by atoms with van der Waals surface area (Å²) < 4.78 is 25.9. The first kappa shape index (κ1) is 12.4. The lowest BCUT2D eigenvalue weighted by Gasteiger charge is -2.08. The molecule has 1 unspecified atom stereocenters. The van der Waals surface area contributed by atoms with Gasteiger partial charge in [-0.1, -0.05) is 27.5 Å². The van der Waals surface area contributed by atoms with E-state index in [9.17, 15) is 13.6 Å². The lowest BCUT2D eigenvalue weighted by molar-refractivity contribution is -0.117. The molecule has 1 atom stereocenters. The Labute approximate surface area is 98.5 Å². The van der Waals surface area contributed by atoms with Gasteiger partial charge in [0.1, 0.15) is 11.6 Å². The van der Waals surface area contributed by atoms with Gasteiger partial charge in [-0.3, -0.25) is 4.79 Å². The molecule has 0 saturated heterocycles. The van der Waals surface area contributed by atoms with E-state index in [1.165, 1.54) is 0 Å². The maximum Gasteiger partial charge on any atom is 0.231 e. The molecule has 1 rings (SSSR count). The van der Waals surface area contributed by atoms with Gasteiger partial charge in [-0.15, -0.1) is 0 Å². The molecule has 0 saturated carbocycles. The van der Waals surface area contributed by atoms with Crippen molar-refractivity contribution >= 4 is 33.4 Å². The number of halogens is 4. The third-order valence-electron chi connectivity index (χ3n) is 1.80. The Morgan fingerprint density at radius 2 is 2.13 bits per heavy atom. The number of hydrogen-bond donors (Lipinski definition) is 1. The van der Waals surface area contributed by atoms with Crippen LogP contribution >= 0.6 is 27.5 Å². The Balaban J connectivity index is 3.00. The highest BCUT2D eigenvalue weighted by Crippen LogP contribution is 2.24. The highest BCUT2D eigenvalue weighted by atomic mass is 79.9. The molecule has 0 fully saturated rings. The van der Waals surface area contributed by atoms with Gasteiger partial charge in [-0.05, 0) is 12.5 Å². The van der Waals surface area contributed by atoms with E-state index in [0.29, 0.717) is 6.07 Å². The Morgan fingerprint density at radius 1 is 1.53 bits per heavy atom. The molecule has 82 valence electrons. The summed E-state index contributed by atoms with van der Waals surface area (Å²) in [5, 5.41) is -0.0572. The molecule has 6 heteroatoms. The van der Waals surface area contributed by atoms with E-state index in [1.807, 2.05) is 0 Å². The summed E-state index contributed by atoms with van der Waals surface area (Å²) in [6.45, 7) is 0. The molecule has 1 aromatic rings. The molecule has 0 aromatic heterocycles. The van der Waals surface area contributed by atoms with Crippen molar-refractivity contribution in [1.82, 2.24) is 0 Å². The third-order valence-corrected chi connectivity index (χ3v) is 2.91. The van der Waals surface area contributed by atoms with Gasteiger partial charge in [0.15, 0.2) is 0 Å². The second-order valence-electron chi connectivity index (χ2n) is 2.92. The largest absolute Gasteiger partial charge is 0.369 e. The summed E-state index contributed by atoms with van der Waals surface area (Å²) in [4.78, 5) is 10.0. The Hall–Kier alpha value is -0.680. The molecule has 2 N–H and O–H groups in total. The van der Waals surface area contributed by atoms with Gasteiger partial charge in [-0.2, -0.15) is 0 Å². The molecule has 0 bridgehead atoms. The predicted octanol–water partition coefficient (Wildman–Crippen LogP) is 2.41. The summed E-state index contributed by atoms with van der Waals surface area (Å²) in [5.74, 6) is -2.17. The number of carbonyl (C=O) groups excluding carboxylic acids is 1. The summed E-state index contributed by atoms with van der Waals surface area (Å²) in [5.41, 5.74) is 5.06. The van der Waals surface area contributed by atoms with Gasteiger partial charge in [0, 0.05) is 16.7 Å². The molecule has 15 heavy (non-hydrogen) atoms. The number of rotatable bonds is 3. The highest BCUT2D eigenvalue weighted by molar-refractivity contribution is 9.10. The fourth-order valence-corrected chi connectivity index (χ4v) is 1.64. The topological polar surface area (TPSA) is 43.1 Å². The number of alkyl halides is 1. The van der Waals surface area contributed by atoms with Crippen molar-refractivity contribution in [2.75, 3.05) is 0 Å². The molecule has 0 aliphatic rings. The number of primary amides is 1. The Morgan fingerprint density at radius 3 is 2.60 bits per heavy atom. The summed E-state index contributed by atoms with van der Waals surface area (Å²) in [7, 11) is 0. The fourth-order valence-electron chi connectivity index (χ4n) is 1.05. The maximum atomic E-state index is 13.2. The minimum absolute atomic E-state index is 0.0136. The average molecular weight is 299 g/mol. The van der Waals surface area contributed by atoms with E-state index in [2.05, 4.69) is 15.9 Å². The molecule has 1 aromatic carbocycles. The van der Waals surface area contributed by atoms with Gasteiger partial charge in [0.2, 0.25) is 5.91 Å². The van der Waals surface area contributed by atoms with Crippen LogP contribution in [-0.2, 0) is 11.2 Å². The van der Waals surface area contributed by atoms with Crippen LogP contribution in [0.15, 0.2) is 12.1 Å². The van der Waals surface area contributed by atoms with Crippen LogP contribution in [0.4, 0.5) is 8.78 Å². The summed E-state index contributed by atoms with van der Waals surface area (Å²) in [6, 6.07) is 1.70. The Bertz CT molecular complexity index is 377. The van der Waals surface area contributed by atoms with Gasteiger partial charge in [-0.25, -0.2) is 8.78 Å². The van der Waals surface area contributed by atoms with E-state index in [1.54, 1.807) is 0 Å². The van der Waals surface area contributed by atoms with Crippen molar-refractivity contribution in [2.24, 2.45) is 5.73 Å². The van der Waals surface area contributed by atoms with Crippen molar-refractivity contribution in [3.63, 3.8) is 0 Å². The molecule has 0 radical (unpaired) electrons. The normalized spacial score (nSPS) is 12.5. The number of nitrogens with two attached hydrogens (primary N) is 1. The van der Waals surface area contributed by atoms with Gasteiger partial charge in [0.25, 0.3) is 0 Å². The van der Waals surface area contributed by atoms with Crippen LogP contribution in [-0.4, -0.2) is 10.7 Å². The zero-order chi connectivity index (χ0) is 11.6. The van der Waals surface area contributed by atoms with E-state index >= 15 is 0 Å². The molecule has 0 aliphatic heterocycles. The third kappa shape index (κ3) is 3.14. The summed E-state index contributed by atoms with van der Waals surface area (Å²) in [6.07, 6.45) is -0.0136. The fraction of sp³-hybridized carbons (Fsp3) is 0.222. The minimum atomic E-state index is -0.786. The first-order valence-electron chi connectivity index (χ1n) is 3.98. The lowest BCUT2D eigenvalue weighted by Crippen LogP contribution is -2.25. The van der Waals surface area contributed by atoms with Crippen LogP contribution < -0.4 is 5.73 Å². The van der Waals surface area contributed by atoms with E-state index < -0.39 is 22.4 Å². The molecule has 0 heterocycles. The molecule has 0 spiro atoms. The highest BCUT2D eigenvalue weighted by Gasteiger charge is 2.17. The van der Waals surface area contributed by atoms with E-state index in [-0.39, 0.29) is 17.0 Å². The van der Waals surface area contributed by atoms with Crippen LogP contribution in [0, 0.1) is 11.6 Å². The zero-order valence-corrected chi connectivity index (χ0v) is 9.78. The zero-order valence-electron chi connectivity index (χ0n) is 7.44. The second-order valence-corrected chi connectivity index (χ2v) is 4.43. The molecule has 1 amide bonds. The quantitative estimate of drug-likeness (QED) is 0.856. The van der Waals surface area contributed by atoms with Crippen molar-refractivity contribution in [3.8, 4) is 0 Å². The second kappa shape index (κ2) is 4.90. The van der Waals surface area contributed by atoms with Crippen LogP contribution in [0.5, 0.6) is 0 Å². The summed E-state index contributed by atoms with van der Waals surface area (Å²) >= 11 is 8.60.